The third-order valence-electron chi connectivity index (χ3n) is 3.59. The number of hydrogen-bond donors (Lipinski definition) is 0. The summed E-state index contributed by atoms with van der Waals surface area (Å²) in [6.07, 6.45) is 2.06. The van der Waals surface area contributed by atoms with Gasteiger partial charge in [-0.25, -0.2) is 0 Å². The SMILES string of the molecule is COC[C@H]1CC[C@H](COC)N1c1cccccc1=O. The molecule has 1 saturated heterocycles. The van der Waals surface area contributed by atoms with Crippen LogP contribution in [0.2, 0.25) is 0 Å². The maximum atomic E-state index is 12.2. The Kier molecular flexibility index (Phi) is 4.93. The van der Waals surface area contributed by atoms with Crippen LogP contribution in [-0.2, 0) is 9.47 Å². The van der Waals surface area contributed by atoms with Gasteiger partial charge >= 0.3 is 0 Å². The van der Waals surface area contributed by atoms with Crippen molar-refractivity contribution in [2.24, 2.45) is 0 Å². The Hall–Kier alpha value is -1.39. The summed E-state index contributed by atoms with van der Waals surface area (Å²) in [5, 5.41) is 0. The zero-order valence-electron chi connectivity index (χ0n) is 11.5. The van der Waals surface area contributed by atoms with E-state index in [-0.39, 0.29) is 17.5 Å². The van der Waals surface area contributed by atoms with E-state index >= 15 is 0 Å². The van der Waals surface area contributed by atoms with Gasteiger partial charge in [0.2, 0.25) is 5.43 Å². The molecule has 4 nitrogen and oxygen atoms in total. The minimum atomic E-state index is 0.0501. The predicted octanol–water partition coefficient (Wildman–Crippen LogP) is 1.68. The van der Waals surface area contributed by atoms with Crippen LogP contribution in [0.1, 0.15) is 12.8 Å². The molecule has 19 heavy (non-hydrogen) atoms. The highest BCUT2D eigenvalue weighted by atomic mass is 16.5. The van der Waals surface area contributed by atoms with Crippen LogP contribution >= 0.6 is 0 Å². The van der Waals surface area contributed by atoms with Gasteiger partial charge in [0.15, 0.2) is 0 Å². The van der Waals surface area contributed by atoms with Crippen LogP contribution in [0.15, 0.2) is 35.1 Å². The van der Waals surface area contributed by atoms with E-state index in [0.717, 1.165) is 18.5 Å². The molecule has 0 unspecified atom stereocenters. The van der Waals surface area contributed by atoms with E-state index in [4.69, 9.17) is 9.47 Å². The largest absolute Gasteiger partial charge is 0.383 e. The maximum Gasteiger partial charge on any atom is 0.201 e. The summed E-state index contributed by atoms with van der Waals surface area (Å²) in [5.74, 6) is 0. The molecule has 0 amide bonds. The minimum Gasteiger partial charge on any atom is -0.383 e. The van der Waals surface area contributed by atoms with Crippen molar-refractivity contribution in [3.63, 3.8) is 0 Å². The van der Waals surface area contributed by atoms with Crippen molar-refractivity contribution in [1.29, 1.82) is 0 Å². The summed E-state index contributed by atoms with van der Waals surface area (Å²) in [6, 6.07) is 9.56. The van der Waals surface area contributed by atoms with Crippen molar-refractivity contribution in [1.82, 2.24) is 0 Å². The molecule has 104 valence electrons. The average Bonchev–Trinajstić information content (AvgIpc) is 2.65. The summed E-state index contributed by atoms with van der Waals surface area (Å²) in [7, 11) is 3.40. The molecule has 0 spiro atoms. The van der Waals surface area contributed by atoms with Gasteiger partial charge in [-0.3, -0.25) is 4.79 Å². The summed E-state index contributed by atoms with van der Waals surface area (Å²) in [4.78, 5) is 14.4. The van der Waals surface area contributed by atoms with E-state index < -0.39 is 0 Å². The highest BCUT2D eigenvalue weighted by molar-refractivity contribution is 5.49. The highest BCUT2D eigenvalue weighted by Gasteiger charge is 2.34. The van der Waals surface area contributed by atoms with Gasteiger partial charge in [0.1, 0.15) is 0 Å². The van der Waals surface area contributed by atoms with Crippen LogP contribution in [0.4, 0.5) is 5.69 Å². The van der Waals surface area contributed by atoms with Crippen molar-refractivity contribution < 1.29 is 9.47 Å². The topological polar surface area (TPSA) is 38.8 Å². The molecule has 1 aliphatic rings. The molecule has 1 aliphatic heterocycles. The third-order valence-corrected chi connectivity index (χ3v) is 3.59. The normalized spacial score (nSPS) is 22.7. The smallest absolute Gasteiger partial charge is 0.201 e. The maximum absolute atomic E-state index is 12.2. The number of rotatable bonds is 5. The van der Waals surface area contributed by atoms with E-state index in [1.165, 1.54) is 0 Å². The summed E-state index contributed by atoms with van der Waals surface area (Å²) >= 11 is 0. The van der Waals surface area contributed by atoms with Crippen LogP contribution in [0.3, 0.4) is 0 Å². The first-order valence-electron chi connectivity index (χ1n) is 6.63. The standard InChI is InChI=1S/C15H21NO3/c1-18-10-12-8-9-13(11-19-2)16(12)14-6-4-3-5-7-15(14)17/h3-7,12-13H,8-11H2,1-2H3/t12-,13-/m1/s1. The van der Waals surface area contributed by atoms with E-state index in [9.17, 15) is 4.79 Å². The molecule has 1 heterocycles. The van der Waals surface area contributed by atoms with Crippen LogP contribution in [0.5, 0.6) is 0 Å². The lowest BCUT2D eigenvalue weighted by molar-refractivity contribution is 0.167. The molecule has 2 rings (SSSR count). The van der Waals surface area contributed by atoms with Crippen LogP contribution < -0.4 is 10.3 Å². The summed E-state index contributed by atoms with van der Waals surface area (Å²) in [5.41, 5.74) is 0.792. The van der Waals surface area contributed by atoms with Crippen molar-refractivity contribution in [2.45, 2.75) is 24.9 Å². The molecule has 0 aliphatic carbocycles. The fourth-order valence-corrected chi connectivity index (χ4v) is 2.80. The Morgan fingerprint density at radius 1 is 1.05 bits per heavy atom. The van der Waals surface area contributed by atoms with Crippen molar-refractivity contribution >= 4 is 5.69 Å². The van der Waals surface area contributed by atoms with E-state index in [0.29, 0.717) is 13.2 Å². The molecule has 0 radical (unpaired) electrons. The first-order chi connectivity index (χ1) is 9.27. The quantitative estimate of drug-likeness (QED) is 0.810. The fraction of sp³-hybridized carbons (Fsp3) is 0.533. The van der Waals surface area contributed by atoms with E-state index in [2.05, 4.69) is 4.90 Å². The van der Waals surface area contributed by atoms with Gasteiger partial charge in [0, 0.05) is 14.2 Å². The Morgan fingerprint density at radius 2 is 1.63 bits per heavy atom. The van der Waals surface area contributed by atoms with Crippen LogP contribution in [0, 0.1) is 0 Å². The molecule has 4 heteroatoms. The average molecular weight is 263 g/mol. The monoisotopic (exact) mass is 263 g/mol. The number of hydrogen-bond acceptors (Lipinski definition) is 4. The molecule has 0 bridgehead atoms. The fourth-order valence-electron chi connectivity index (χ4n) is 2.80. The predicted molar refractivity (Wildman–Crippen MR) is 75.8 cm³/mol. The molecule has 1 aromatic rings. The molecule has 0 aromatic heterocycles. The van der Waals surface area contributed by atoms with Crippen molar-refractivity contribution in [3.8, 4) is 0 Å². The molecule has 1 aromatic carbocycles. The second kappa shape index (κ2) is 6.68. The molecular formula is C15H21NO3. The first-order valence-corrected chi connectivity index (χ1v) is 6.63. The molecule has 2 atom stereocenters. The van der Waals surface area contributed by atoms with Gasteiger partial charge in [-0.1, -0.05) is 18.2 Å². The number of nitrogens with zero attached hydrogens (tertiary/aromatic N) is 1. The van der Waals surface area contributed by atoms with E-state index in [1.54, 1.807) is 26.4 Å². The number of anilines is 1. The number of ether oxygens (including phenoxy) is 2. The zero-order chi connectivity index (χ0) is 13.7. The summed E-state index contributed by atoms with van der Waals surface area (Å²) < 4.78 is 10.6. The summed E-state index contributed by atoms with van der Waals surface area (Å²) in [6.45, 7) is 1.27. The van der Waals surface area contributed by atoms with Gasteiger partial charge in [-0.05, 0) is 25.0 Å². The van der Waals surface area contributed by atoms with E-state index in [1.807, 2.05) is 18.2 Å². The van der Waals surface area contributed by atoms with Gasteiger partial charge in [0.05, 0.1) is 31.0 Å². The lowest BCUT2D eigenvalue weighted by atomic mass is 10.2. The van der Waals surface area contributed by atoms with Gasteiger partial charge in [-0.2, -0.15) is 0 Å². The number of methoxy groups -OCH3 is 2. The minimum absolute atomic E-state index is 0.0501. The van der Waals surface area contributed by atoms with Crippen molar-refractivity contribution in [2.75, 3.05) is 32.3 Å². The Morgan fingerprint density at radius 3 is 2.21 bits per heavy atom. The van der Waals surface area contributed by atoms with Crippen LogP contribution in [-0.4, -0.2) is 39.5 Å². The Bertz CT molecular complexity index is 449. The van der Waals surface area contributed by atoms with Crippen molar-refractivity contribution in [3.05, 3.63) is 40.6 Å². The Labute approximate surface area is 114 Å². The second-order valence-electron chi connectivity index (χ2n) is 4.86. The highest BCUT2D eigenvalue weighted by Crippen LogP contribution is 2.28. The third kappa shape index (κ3) is 3.14. The zero-order valence-corrected chi connectivity index (χ0v) is 11.5. The molecule has 1 fully saturated rings. The molecular weight excluding hydrogens is 242 g/mol. The first kappa shape index (κ1) is 14.0. The van der Waals surface area contributed by atoms with Gasteiger partial charge in [-0.15, -0.1) is 0 Å². The lowest BCUT2D eigenvalue weighted by Gasteiger charge is -2.31. The van der Waals surface area contributed by atoms with Gasteiger partial charge < -0.3 is 14.4 Å². The van der Waals surface area contributed by atoms with Gasteiger partial charge in [0.25, 0.3) is 0 Å². The Balaban J connectivity index is 2.35. The molecule has 0 N–H and O–H groups in total. The lowest BCUT2D eigenvalue weighted by Crippen LogP contribution is -2.42. The molecule has 0 saturated carbocycles. The second-order valence-corrected chi connectivity index (χ2v) is 4.86. The van der Waals surface area contributed by atoms with Crippen LogP contribution in [0.25, 0.3) is 0 Å².